The monoisotopic (exact) mass is 342 g/mol. The molecule has 3 rings (SSSR count). The summed E-state index contributed by atoms with van der Waals surface area (Å²) in [5.74, 6) is 0.294. The SMILES string of the molecule is NC1(C(=O)Nc2cccc(CS(=O)c3ccccc3)c2)CCCC1. The number of hydrogen-bond acceptors (Lipinski definition) is 3. The van der Waals surface area contributed by atoms with E-state index in [1.54, 1.807) is 0 Å². The molecule has 126 valence electrons. The molecule has 1 aliphatic rings. The highest BCUT2D eigenvalue weighted by Gasteiger charge is 2.36. The van der Waals surface area contributed by atoms with E-state index in [-0.39, 0.29) is 5.91 Å². The minimum atomic E-state index is -1.10. The number of hydrogen-bond donors (Lipinski definition) is 2. The van der Waals surface area contributed by atoms with Gasteiger partial charge in [0.15, 0.2) is 0 Å². The Balaban J connectivity index is 1.68. The lowest BCUT2D eigenvalue weighted by Gasteiger charge is -2.22. The predicted molar refractivity (Wildman–Crippen MR) is 97.0 cm³/mol. The van der Waals surface area contributed by atoms with Crippen LogP contribution in [-0.2, 0) is 21.3 Å². The van der Waals surface area contributed by atoms with E-state index in [2.05, 4.69) is 5.32 Å². The fraction of sp³-hybridized carbons (Fsp3) is 0.316. The molecule has 1 aliphatic carbocycles. The number of rotatable bonds is 5. The molecule has 2 aromatic rings. The molecule has 0 aliphatic heterocycles. The quantitative estimate of drug-likeness (QED) is 0.876. The molecule has 1 atom stereocenters. The van der Waals surface area contributed by atoms with Gasteiger partial charge >= 0.3 is 0 Å². The van der Waals surface area contributed by atoms with Crippen LogP contribution in [0.4, 0.5) is 5.69 Å². The molecule has 5 heteroatoms. The van der Waals surface area contributed by atoms with Gasteiger partial charge in [0.1, 0.15) is 0 Å². The maximum atomic E-state index is 12.4. The smallest absolute Gasteiger partial charge is 0.244 e. The molecule has 3 N–H and O–H groups in total. The fourth-order valence-corrected chi connectivity index (χ4v) is 4.14. The van der Waals surface area contributed by atoms with Crippen molar-refractivity contribution in [3.05, 3.63) is 60.2 Å². The number of amides is 1. The Hall–Kier alpha value is -1.98. The molecule has 0 spiro atoms. The van der Waals surface area contributed by atoms with Crippen molar-refractivity contribution in [2.75, 3.05) is 5.32 Å². The maximum absolute atomic E-state index is 12.4. The highest BCUT2D eigenvalue weighted by atomic mass is 32.2. The Morgan fingerprint density at radius 1 is 1.08 bits per heavy atom. The summed E-state index contributed by atoms with van der Waals surface area (Å²) in [6.07, 6.45) is 3.47. The Kier molecular flexibility index (Phi) is 5.11. The van der Waals surface area contributed by atoms with Gasteiger partial charge in [-0.2, -0.15) is 0 Å². The molecule has 1 unspecified atom stereocenters. The predicted octanol–water partition coefficient (Wildman–Crippen LogP) is 3.20. The van der Waals surface area contributed by atoms with Crippen molar-refractivity contribution >= 4 is 22.4 Å². The van der Waals surface area contributed by atoms with E-state index >= 15 is 0 Å². The zero-order valence-corrected chi connectivity index (χ0v) is 14.4. The summed E-state index contributed by atoms with van der Waals surface area (Å²) in [6, 6.07) is 16.9. The zero-order chi connectivity index (χ0) is 17.0. The molecular weight excluding hydrogens is 320 g/mol. The van der Waals surface area contributed by atoms with Gasteiger partial charge < -0.3 is 11.1 Å². The van der Waals surface area contributed by atoms with Gasteiger partial charge in [0.2, 0.25) is 5.91 Å². The average Bonchev–Trinajstić information content (AvgIpc) is 3.04. The molecule has 0 radical (unpaired) electrons. The van der Waals surface area contributed by atoms with E-state index < -0.39 is 16.3 Å². The molecule has 0 saturated heterocycles. The lowest BCUT2D eigenvalue weighted by atomic mass is 9.98. The first-order chi connectivity index (χ1) is 11.6. The third kappa shape index (κ3) is 3.91. The normalized spacial score (nSPS) is 17.4. The Labute approximate surface area is 144 Å². The summed E-state index contributed by atoms with van der Waals surface area (Å²) in [5, 5.41) is 2.91. The lowest BCUT2D eigenvalue weighted by molar-refractivity contribution is -0.121. The van der Waals surface area contributed by atoms with Crippen LogP contribution in [0.5, 0.6) is 0 Å². The molecule has 2 aromatic carbocycles. The van der Waals surface area contributed by atoms with Crippen molar-refractivity contribution in [2.24, 2.45) is 5.73 Å². The average molecular weight is 342 g/mol. The summed E-state index contributed by atoms with van der Waals surface area (Å²) in [7, 11) is -1.10. The Morgan fingerprint density at radius 2 is 1.79 bits per heavy atom. The first-order valence-corrected chi connectivity index (χ1v) is 9.51. The molecular formula is C19H22N2O2S. The number of nitrogens with one attached hydrogen (secondary N) is 1. The van der Waals surface area contributed by atoms with Gasteiger partial charge in [-0.3, -0.25) is 9.00 Å². The molecule has 1 amide bonds. The van der Waals surface area contributed by atoms with E-state index in [1.807, 2.05) is 54.6 Å². The lowest BCUT2D eigenvalue weighted by Crippen LogP contribution is -2.48. The highest BCUT2D eigenvalue weighted by Crippen LogP contribution is 2.28. The van der Waals surface area contributed by atoms with Crippen molar-refractivity contribution in [2.45, 2.75) is 41.9 Å². The fourth-order valence-electron chi connectivity index (χ4n) is 3.03. The molecule has 0 bridgehead atoms. The molecule has 1 saturated carbocycles. The summed E-state index contributed by atoms with van der Waals surface area (Å²) < 4.78 is 12.4. The van der Waals surface area contributed by atoms with Crippen LogP contribution in [0, 0.1) is 0 Å². The van der Waals surface area contributed by atoms with Crippen LogP contribution >= 0.6 is 0 Å². The summed E-state index contributed by atoms with van der Waals surface area (Å²) in [5.41, 5.74) is 7.07. The largest absolute Gasteiger partial charge is 0.324 e. The van der Waals surface area contributed by atoms with Crippen LogP contribution in [0.25, 0.3) is 0 Å². The van der Waals surface area contributed by atoms with Crippen LogP contribution in [-0.4, -0.2) is 15.7 Å². The highest BCUT2D eigenvalue weighted by molar-refractivity contribution is 7.84. The van der Waals surface area contributed by atoms with Crippen molar-refractivity contribution in [3.8, 4) is 0 Å². The second-order valence-corrected chi connectivity index (χ2v) is 7.77. The number of anilines is 1. The Bertz CT molecular complexity index is 740. The Morgan fingerprint density at radius 3 is 2.50 bits per heavy atom. The second kappa shape index (κ2) is 7.28. The molecule has 0 aromatic heterocycles. The maximum Gasteiger partial charge on any atom is 0.244 e. The van der Waals surface area contributed by atoms with E-state index in [4.69, 9.17) is 5.73 Å². The third-order valence-electron chi connectivity index (χ3n) is 4.44. The molecule has 0 heterocycles. The molecule has 4 nitrogen and oxygen atoms in total. The summed E-state index contributed by atoms with van der Waals surface area (Å²) >= 11 is 0. The first-order valence-electron chi connectivity index (χ1n) is 8.19. The van der Waals surface area contributed by atoms with Gasteiger partial charge in [-0.05, 0) is 42.7 Å². The first kappa shape index (κ1) is 16.9. The van der Waals surface area contributed by atoms with Gasteiger partial charge in [0.05, 0.1) is 22.1 Å². The number of benzene rings is 2. The van der Waals surface area contributed by atoms with Crippen molar-refractivity contribution in [1.29, 1.82) is 0 Å². The van der Waals surface area contributed by atoms with Crippen LogP contribution in [0.3, 0.4) is 0 Å². The van der Waals surface area contributed by atoms with Crippen molar-refractivity contribution in [3.63, 3.8) is 0 Å². The standard InChI is InChI=1S/C19H22N2O2S/c20-19(11-4-5-12-19)18(22)21-16-8-6-7-15(13-16)14-24(23)17-9-2-1-3-10-17/h1-3,6-10,13H,4-5,11-12,14,20H2,(H,21,22). The third-order valence-corrected chi connectivity index (χ3v) is 5.83. The summed E-state index contributed by atoms with van der Waals surface area (Å²) in [6.45, 7) is 0. The zero-order valence-electron chi connectivity index (χ0n) is 13.5. The van der Waals surface area contributed by atoms with Crippen molar-refractivity contribution < 1.29 is 9.00 Å². The van der Waals surface area contributed by atoms with Gasteiger partial charge in [0.25, 0.3) is 0 Å². The van der Waals surface area contributed by atoms with Crippen LogP contribution in [0.2, 0.25) is 0 Å². The van der Waals surface area contributed by atoms with Crippen LogP contribution < -0.4 is 11.1 Å². The van der Waals surface area contributed by atoms with Gasteiger partial charge in [0, 0.05) is 10.6 Å². The van der Waals surface area contributed by atoms with Gasteiger partial charge in [-0.25, -0.2) is 0 Å². The number of nitrogens with two attached hydrogens (primary N) is 1. The van der Waals surface area contributed by atoms with Gasteiger partial charge in [-0.1, -0.05) is 43.2 Å². The van der Waals surface area contributed by atoms with E-state index in [0.29, 0.717) is 11.4 Å². The molecule has 1 fully saturated rings. The van der Waals surface area contributed by atoms with Crippen molar-refractivity contribution in [1.82, 2.24) is 0 Å². The van der Waals surface area contributed by atoms with Crippen LogP contribution in [0.15, 0.2) is 59.5 Å². The van der Waals surface area contributed by atoms with Gasteiger partial charge in [-0.15, -0.1) is 0 Å². The van der Waals surface area contributed by atoms with E-state index in [1.165, 1.54) is 0 Å². The second-order valence-electron chi connectivity index (χ2n) is 6.32. The van der Waals surface area contributed by atoms with Crippen LogP contribution in [0.1, 0.15) is 31.2 Å². The number of carbonyl (C=O) groups excluding carboxylic acids is 1. The minimum Gasteiger partial charge on any atom is -0.324 e. The topological polar surface area (TPSA) is 72.2 Å². The minimum absolute atomic E-state index is 0.124. The van der Waals surface area contributed by atoms with E-state index in [0.717, 1.165) is 36.1 Å². The molecule has 24 heavy (non-hydrogen) atoms. The summed E-state index contributed by atoms with van der Waals surface area (Å²) in [4.78, 5) is 13.2. The number of carbonyl (C=O) groups is 1. The van der Waals surface area contributed by atoms with E-state index in [9.17, 15) is 9.00 Å².